The molecule has 4 fully saturated rings. The molecule has 98 valence electrons. The molecule has 4 rings (SSSR count). The van der Waals surface area contributed by atoms with Gasteiger partial charge in [-0.1, -0.05) is 13.3 Å². The van der Waals surface area contributed by atoms with Crippen molar-refractivity contribution in [2.24, 2.45) is 0 Å². The smallest absolute Gasteiger partial charge is 0.284 e. The van der Waals surface area contributed by atoms with Crippen LogP contribution in [-0.4, -0.2) is 57.9 Å². The minimum absolute atomic E-state index is 0.541. The van der Waals surface area contributed by atoms with Gasteiger partial charge in [-0.15, -0.1) is 0 Å². The highest BCUT2D eigenvalue weighted by Gasteiger charge is 2.66. The highest BCUT2D eigenvalue weighted by atomic mass is 16.9. The van der Waals surface area contributed by atoms with Gasteiger partial charge in [0, 0.05) is 6.42 Å². The minimum Gasteiger partial charge on any atom is -0.387 e. The van der Waals surface area contributed by atoms with Crippen LogP contribution in [0.25, 0.3) is 0 Å². The van der Waals surface area contributed by atoms with Gasteiger partial charge in [-0.05, 0) is 6.42 Å². The Bertz CT molecular complexity index is 256. The maximum absolute atomic E-state index is 9.88. The van der Waals surface area contributed by atoms with Crippen LogP contribution in [0.5, 0.6) is 0 Å². The Kier molecular flexibility index (Phi) is 2.70. The third-order valence-corrected chi connectivity index (χ3v) is 3.80. The molecule has 0 unspecified atom stereocenters. The minimum atomic E-state index is -1.19. The second kappa shape index (κ2) is 3.88. The van der Waals surface area contributed by atoms with E-state index in [1.807, 2.05) is 6.92 Å². The van der Waals surface area contributed by atoms with Gasteiger partial charge in [0.1, 0.15) is 36.6 Å². The molecule has 3 aliphatic heterocycles. The van der Waals surface area contributed by atoms with E-state index >= 15 is 0 Å². The molecule has 6 heteroatoms. The highest BCUT2D eigenvalue weighted by molar-refractivity contribution is 5.07. The monoisotopic (exact) mass is 246 g/mol. The van der Waals surface area contributed by atoms with E-state index in [1.54, 1.807) is 0 Å². The molecule has 17 heavy (non-hydrogen) atoms. The first-order valence-electron chi connectivity index (χ1n) is 6.15. The molecule has 0 aromatic heterocycles. The lowest BCUT2D eigenvalue weighted by Gasteiger charge is -2.60. The fraction of sp³-hybridized carbons (Fsp3) is 1.00. The molecule has 0 radical (unpaired) electrons. The molecule has 1 saturated carbocycles. The van der Waals surface area contributed by atoms with Crippen LogP contribution in [0.15, 0.2) is 0 Å². The van der Waals surface area contributed by atoms with Gasteiger partial charge in [-0.25, -0.2) is 0 Å². The average molecular weight is 246 g/mol. The zero-order valence-electron chi connectivity index (χ0n) is 9.65. The van der Waals surface area contributed by atoms with Gasteiger partial charge in [0.25, 0.3) is 5.97 Å². The number of rotatable bonds is 3. The normalized spacial score (nSPS) is 56.5. The van der Waals surface area contributed by atoms with Crippen molar-refractivity contribution >= 4 is 0 Å². The van der Waals surface area contributed by atoms with Crippen LogP contribution in [-0.2, 0) is 14.2 Å². The Labute approximate surface area is 99.1 Å². The lowest BCUT2D eigenvalue weighted by atomic mass is 9.81. The summed E-state index contributed by atoms with van der Waals surface area (Å²) in [5, 5.41) is 29.6. The molecule has 0 amide bonds. The first-order valence-corrected chi connectivity index (χ1v) is 6.15. The first kappa shape index (κ1) is 11.8. The van der Waals surface area contributed by atoms with Gasteiger partial charge in [0.15, 0.2) is 0 Å². The highest BCUT2D eigenvalue weighted by Crippen LogP contribution is 2.47. The predicted molar refractivity (Wildman–Crippen MR) is 54.9 cm³/mol. The van der Waals surface area contributed by atoms with Crippen molar-refractivity contribution in [3.05, 3.63) is 0 Å². The van der Waals surface area contributed by atoms with Crippen LogP contribution in [0.1, 0.15) is 26.2 Å². The topological polar surface area (TPSA) is 88.4 Å². The Morgan fingerprint density at radius 1 is 0.882 bits per heavy atom. The quantitative estimate of drug-likeness (QED) is 0.598. The van der Waals surface area contributed by atoms with Crippen LogP contribution in [0.2, 0.25) is 0 Å². The molecule has 0 aromatic rings. The number of aliphatic hydroxyl groups excluding tert-OH is 3. The number of hydrogen-bond donors (Lipinski definition) is 3. The Morgan fingerprint density at radius 2 is 1.29 bits per heavy atom. The van der Waals surface area contributed by atoms with Crippen molar-refractivity contribution in [3.63, 3.8) is 0 Å². The fourth-order valence-electron chi connectivity index (χ4n) is 2.86. The maximum Gasteiger partial charge on any atom is 0.284 e. The Morgan fingerprint density at radius 3 is 1.65 bits per heavy atom. The number of aliphatic hydroxyl groups is 3. The van der Waals surface area contributed by atoms with E-state index in [-0.39, 0.29) is 0 Å². The molecule has 4 aliphatic rings. The van der Waals surface area contributed by atoms with Crippen molar-refractivity contribution in [1.82, 2.24) is 0 Å². The molecule has 6 nitrogen and oxygen atoms in total. The lowest BCUT2D eigenvalue weighted by Crippen LogP contribution is -2.78. The summed E-state index contributed by atoms with van der Waals surface area (Å²) >= 11 is 0. The van der Waals surface area contributed by atoms with E-state index in [0.717, 1.165) is 12.8 Å². The lowest BCUT2D eigenvalue weighted by molar-refractivity contribution is -0.539. The molecule has 0 aromatic carbocycles. The van der Waals surface area contributed by atoms with Crippen molar-refractivity contribution in [3.8, 4) is 0 Å². The third-order valence-electron chi connectivity index (χ3n) is 3.80. The molecule has 3 N–H and O–H groups in total. The third kappa shape index (κ3) is 1.56. The van der Waals surface area contributed by atoms with Gasteiger partial charge < -0.3 is 29.5 Å². The van der Waals surface area contributed by atoms with Gasteiger partial charge >= 0.3 is 0 Å². The molecular weight excluding hydrogens is 228 g/mol. The van der Waals surface area contributed by atoms with Crippen molar-refractivity contribution in [2.45, 2.75) is 68.8 Å². The van der Waals surface area contributed by atoms with Crippen LogP contribution in [0.4, 0.5) is 0 Å². The van der Waals surface area contributed by atoms with Gasteiger partial charge in [-0.3, -0.25) is 0 Å². The van der Waals surface area contributed by atoms with Gasteiger partial charge in [0.2, 0.25) is 0 Å². The average Bonchev–Trinajstić information content (AvgIpc) is 2.33. The summed E-state index contributed by atoms with van der Waals surface area (Å²) in [5.41, 5.74) is 0. The van der Waals surface area contributed by atoms with Gasteiger partial charge in [-0.2, -0.15) is 0 Å². The van der Waals surface area contributed by atoms with E-state index in [9.17, 15) is 15.3 Å². The predicted octanol–water partition coefficient (Wildman–Crippen LogP) is -0.891. The van der Waals surface area contributed by atoms with Crippen molar-refractivity contribution < 1.29 is 29.5 Å². The molecule has 0 spiro atoms. The molecule has 3 heterocycles. The number of hydrogen-bond acceptors (Lipinski definition) is 6. The summed E-state index contributed by atoms with van der Waals surface area (Å²) in [4.78, 5) is 0. The van der Waals surface area contributed by atoms with Crippen LogP contribution >= 0.6 is 0 Å². The zero-order valence-corrected chi connectivity index (χ0v) is 9.65. The summed E-state index contributed by atoms with van der Waals surface area (Å²) in [7, 11) is 0. The summed E-state index contributed by atoms with van der Waals surface area (Å²) < 4.78 is 16.6. The number of unbranched alkanes of at least 4 members (excludes halogenated alkanes) is 1. The molecule has 4 bridgehead atoms. The molecule has 3 saturated heterocycles. The summed E-state index contributed by atoms with van der Waals surface area (Å²) in [5.74, 6) is -1.19. The van der Waals surface area contributed by atoms with E-state index in [1.165, 1.54) is 0 Å². The van der Waals surface area contributed by atoms with Crippen LogP contribution < -0.4 is 0 Å². The maximum atomic E-state index is 9.88. The second-order valence-corrected chi connectivity index (χ2v) is 5.01. The summed E-state index contributed by atoms with van der Waals surface area (Å²) in [6.45, 7) is 2.04. The molecule has 1 aliphatic carbocycles. The van der Waals surface area contributed by atoms with Crippen LogP contribution in [0.3, 0.4) is 0 Å². The molecule has 0 atom stereocenters. The summed E-state index contributed by atoms with van der Waals surface area (Å²) in [6, 6.07) is 0. The van der Waals surface area contributed by atoms with E-state index in [2.05, 4.69) is 0 Å². The van der Waals surface area contributed by atoms with E-state index in [0.29, 0.717) is 6.42 Å². The van der Waals surface area contributed by atoms with E-state index in [4.69, 9.17) is 14.2 Å². The van der Waals surface area contributed by atoms with Gasteiger partial charge in [0.05, 0.1) is 0 Å². The first-order chi connectivity index (χ1) is 8.08. The zero-order chi connectivity index (χ0) is 12.2. The Hall–Kier alpha value is -0.240. The number of ether oxygens (including phenoxy) is 3. The van der Waals surface area contributed by atoms with E-state index < -0.39 is 42.6 Å². The summed E-state index contributed by atoms with van der Waals surface area (Å²) in [6.07, 6.45) is -2.84. The van der Waals surface area contributed by atoms with Crippen LogP contribution in [0, 0.1) is 0 Å². The second-order valence-electron chi connectivity index (χ2n) is 5.01. The van der Waals surface area contributed by atoms with Crippen molar-refractivity contribution in [1.29, 1.82) is 0 Å². The molecular formula is C11H18O6. The van der Waals surface area contributed by atoms with Crippen molar-refractivity contribution in [2.75, 3.05) is 0 Å². The SMILES string of the molecule is CCCCC12OC3C(O)C(O1)C(O)C(O2)C3O. The Balaban J connectivity index is 1.85. The largest absolute Gasteiger partial charge is 0.387 e. The fourth-order valence-corrected chi connectivity index (χ4v) is 2.86. The standard InChI is InChI=1S/C11H18O6/c1-2-3-4-11-15-8-5(12)9(16-11)7(14)10(17-11)6(8)13/h5-10,12-14H,2-4H2,1H3.